The first-order valence-corrected chi connectivity index (χ1v) is 6.33. The molecule has 0 spiro atoms. The first kappa shape index (κ1) is 13.6. The molecule has 7 heteroatoms. The summed E-state index contributed by atoms with van der Waals surface area (Å²) in [7, 11) is 0. The largest absolute Gasteiger partial charge is 0.419 e. The van der Waals surface area contributed by atoms with Crippen LogP contribution in [0.3, 0.4) is 0 Å². The molecule has 3 nitrogen and oxygen atoms in total. The van der Waals surface area contributed by atoms with Crippen LogP contribution in [0.2, 0.25) is 0 Å². The average molecular weight is 325 g/mol. The van der Waals surface area contributed by atoms with E-state index in [-0.39, 0.29) is 16.8 Å². The van der Waals surface area contributed by atoms with E-state index in [1.54, 1.807) is 0 Å². The topological polar surface area (TPSA) is 36.4 Å². The molecule has 1 aromatic heterocycles. The average Bonchev–Trinajstić information content (AvgIpc) is 2.27. The van der Waals surface area contributed by atoms with Gasteiger partial charge in [-0.05, 0) is 34.8 Å². The third kappa shape index (κ3) is 2.95. The van der Waals surface area contributed by atoms with Crippen LogP contribution in [0.5, 0.6) is 0 Å². The lowest BCUT2D eigenvalue weighted by molar-refractivity contribution is -0.137. The van der Waals surface area contributed by atoms with Gasteiger partial charge in [0.05, 0.1) is 11.7 Å². The summed E-state index contributed by atoms with van der Waals surface area (Å²) >= 11 is 2.99. The smallest absolute Gasteiger partial charge is 0.391 e. The SMILES string of the molecule is OC1CCCN(c2ncc(Br)cc2C(F)(F)F)C1. The van der Waals surface area contributed by atoms with Gasteiger partial charge >= 0.3 is 6.18 Å². The zero-order valence-corrected chi connectivity index (χ0v) is 11.0. The van der Waals surface area contributed by atoms with Crippen molar-refractivity contribution in [2.75, 3.05) is 18.0 Å². The highest BCUT2D eigenvalue weighted by molar-refractivity contribution is 9.10. The minimum atomic E-state index is -4.45. The number of anilines is 1. The number of hydrogen-bond donors (Lipinski definition) is 1. The predicted molar refractivity (Wildman–Crippen MR) is 64.4 cm³/mol. The Balaban J connectivity index is 2.37. The molecule has 1 aliphatic heterocycles. The highest BCUT2D eigenvalue weighted by Crippen LogP contribution is 2.37. The Kier molecular flexibility index (Phi) is 3.82. The van der Waals surface area contributed by atoms with Crippen molar-refractivity contribution in [3.8, 4) is 0 Å². The Morgan fingerprint density at radius 2 is 2.17 bits per heavy atom. The molecule has 1 atom stereocenters. The van der Waals surface area contributed by atoms with Gasteiger partial charge in [0.1, 0.15) is 5.82 Å². The first-order valence-electron chi connectivity index (χ1n) is 5.53. The molecule has 1 fully saturated rings. The number of piperidine rings is 1. The number of aliphatic hydroxyl groups excluding tert-OH is 1. The second kappa shape index (κ2) is 5.05. The summed E-state index contributed by atoms with van der Waals surface area (Å²) in [6.45, 7) is 0.673. The molecule has 2 heterocycles. The van der Waals surface area contributed by atoms with Crippen LogP contribution in [0.15, 0.2) is 16.7 Å². The van der Waals surface area contributed by atoms with E-state index >= 15 is 0 Å². The highest BCUT2D eigenvalue weighted by atomic mass is 79.9. The molecule has 0 radical (unpaired) electrons. The van der Waals surface area contributed by atoms with Gasteiger partial charge in [0.15, 0.2) is 0 Å². The molecule has 2 rings (SSSR count). The quantitative estimate of drug-likeness (QED) is 0.863. The second-order valence-corrected chi connectivity index (χ2v) is 5.18. The molecule has 0 amide bonds. The number of halogens is 4. The van der Waals surface area contributed by atoms with Crippen LogP contribution in [0.1, 0.15) is 18.4 Å². The lowest BCUT2D eigenvalue weighted by Crippen LogP contribution is -2.39. The molecule has 1 N–H and O–H groups in total. The minimum Gasteiger partial charge on any atom is -0.391 e. The van der Waals surface area contributed by atoms with E-state index in [1.165, 1.54) is 11.1 Å². The molecule has 0 saturated carbocycles. The van der Waals surface area contributed by atoms with Crippen LogP contribution < -0.4 is 4.90 Å². The van der Waals surface area contributed by atoms with Crippen molar-refractivity contribution in [1.82, 2.24) is 4.98 Å². The van der Waals surface area contributed by atoms with Gasteiger partial charge in [0.2, 0.25) is 0 Å². The Morgan fingerprint density at radius 3 is 2.78 bits per heavy atom. The highest BCUT2D eigenvalue weighted by Gasteiger charge is 2.37. The third-order valence-electron chi connectivity index (χ3n) is 2.83. The first-order chi connectivity index (χ1) is 8.38. The summed E-state index contributed by atoms with van der Waals surface area (Å²) < 4.78 is 39.1. The minimum absolute atomic E-state index is 0.107. The molecule has 1 saturated heterocycles. The Labute approximate surface area is 111 Å². The third-order valence-corrected chi connectivity index (χ3v) is 3.27. The molecular formula is C11H12BrF3N2O. The van der Waals surface area contributed by atoms with Crippen molar-refractivity contribution in [2.45, 2.75) is 25.1 Å². The van der Waals surface area contributed by atoms with Crippen LogP contribution in [-0.4, -0.2) is 29.3 Å². The number of pyridine rings is 1. The van der Waals surface area contributed by atoms with Gasteiger partial charge in [0.25, 0.3) is 0 Å². The number of aromatic nitrogens is 1. The summed E-state index contributed by atoms with van der Waals surface area (Å²) in [5.41, 5.74) is -0.772. The van der Waals surface area contributed by atoms with Gasteiger partial charge in [0, 0.05) is 23.8 Å². The summed E-state index contributed by atoms with van der Waals surface area (Å²) in [6.07, 6.45) is -2.42. The van der Waals surface area contributed by atoms with E-state index in [9.17, 15) is 18.3 Å². The second-order valence-electron chi connectivity index (χ2n) is 4.26. The molecule has 100 valence electrons. The molecule has 0 bridgehead atoms. The van der Waals surface area contributed by atoms with Crippen LogP contribution in [0, 0.1) is 0 Å². The van der Waals surface area contributed by atoms with Gasteiger partial charge in [-0.1, -0.05) is 0 Å². The van der Waals surface area contributed by atoms with Gasteiger partial charge in [-0.15, -0.1) is 0 Å². The molecular weight excluding hydrogens is 313 g/mol. The summed E-state index contributed by atoms with van der Waals surface area (Å²) in [6, 6.07) is 1.02. The van der Waals surface area contributed by atoms with Crippen molar-refractivity contribution in [3.05, 3.63) is 22.3 Å². The molecule has 1 unspecified atom stereocenters. The van der Waals surface area contributed by atoms with Crippen LogP contribution in [0.4, 0.5) is 19.0 Å². The van der Waals surface area contributed by atoms with E-state index in [0.29, 0.717) is 19.4 Å². The Bertz CT molecular complexity index is 439. The number of alkyl halides is 3. The maximum atomic E-state index is 12.9. The monoisotopic (exact) mass is 324 g/mol. The maximum absolute atomic E-state index is 12.9. The van der Waals surface area contributed by atoms with Crippen molar-refractivity contribution in [1.29, 1.82) is 0 Å². The fraction of sp³-hybridized carbons (Fsp3) is 0.545. The normalized spacial score (nSPS) is 21.2. The summed E-state index contributed by atoms with van der Waals surface area (Å²) in [5.74, 6) is -0.107. The predicted octanol–water partition coefficient (Wildman–Crippen LogP) is 2.82. The van der Waals surface area contributed by atoms with E-state index in [0.717, 1.165) is 6.07 Å². The van der Waals surface area contributed by atoms with Crippen LogP contribution >= 0.6 is 15.9 Å². The zero-order chi connectivity index (χ0) is 13.3. The van der Waals surface area contributed by atoms with Gasteiger partial charge in [-0.2, -0.15) is 13.2 Å². The number of β-amino-alcohol motifs (C(OH)–C–C–N with tert-alkyl or cyclic N) is 1. The summed E-state index contributed by atoms with van der Waals surface area (Å²) in [4.78, 5) is 5.34. The maximum Gasteiger partial charge on any atom is 0.419 e. The number of rotatable bonds is 1. The fourth-order valence-corrected chi connectivity index (χ4v) is 2.37. The molecule has 1 aliphatic rings. The van der Waals surface area contributed by atoms with Gasteiger partial charge in [-0.3, -0.25) is 0 Å². The van der Waals surface area contributed by atoms with E-state index in [2.05, 4.69) is 20.9 Å². The molecule has 0 aliphatic carbocycles. The van der Waals surface area contributed by atoms with E-state index in [1.807, 2.05) is 0 Å². The number of hydrogen-bond acceptors (Lipinski definition) is 3. The molecule has 1 aromatic rings. The number of nitrogens with zero attached hydrogens (tertiary/aromatic N) is 2. The zero-order valence-electron chi connectivity index (χ0n) is 9.41. The fourth-order valence-electron chi connectivity index (χ4n) is 2.04. The van der Waals surface area contributed by atoms with E-state index < -0.39 is 17.8 Å². The lowest BCUT2D eigenvalue weighted by Gasteiger charge is -2.32. The van der Waals surface area contributed by atoms with Crippen LogP contribution in [-0.2, 0) is 6.18 Å². The molecule has 18 heavy (non-hydrogen) atoms. The standard InChI is InChI=1S/C11H12BrF3N2O/c12-7-4-9(11(13,14)15)10(16-5-7)17-3-1-2-8(18)6-17/h4-5,8,18H,1-3,6H2. The number of aliphatic hydroxyl groups is 1. The van der Waals surface area contributed by atoms with Crippen molar-refractivity contribution >= 4 is 21.7 Å². The molecule has 0 aromatic carbocycles. The Morgan fingerprint density at radius 1 is 1.44 bits per heavy atom. The van der Waals surface area contributed by atoms with Crippen molar-refractivity contribution < 1.29 is 18.3 Å². The van der Waals surface area contributed by atoms with E-state index in [4.69, 9.17) is 0 Å². The van der Waals surface area contributed by atoms with Gasteiger partial charge < -0.3 is 10.0 Å². The van der Waals surface area contributed by atoms with Gasteiger partial charge in [-0.25, -0.2) is 4.98 Å². The summed E-state index contributed by atoms with van der Waals surface area (Å²) in [5, 5.41) is 9.53. The van der Waals surface area contributed by atoms with Crippen molar-refractivity contribution in [2.24, 2.45) is 0 Å². The lowest BCUT2D eigenvalue weighted by atomic mass is 10.1. The van der Waals surface area contributed by atoms with Crippen LogP contribution in [0.25, 0.3) is 0 Å². The Hall–Kier alpha value is -0.820. The van der Waals surface area contributed by atoms with Crippen molar-refractivity contribution in [3.63, 3.8) is 0 Å².